The van der Waals surface area contributed by atoms with Crippen molar-refractivity contribution < 1.29 is 9.90 Å². The Morgan fingerprint density at radius 2 is 2.04 bits per heavy atom. The van der Waals surface area contributed by atoms with Crippen LogP contribution in [0.4, 0.5) is 0 Å². The number of benzene rings is 1. The number of carbonyl (C=O) groups is 1. The molecule has 6 nitrogen and oxygen atoms in total. The predicted molar refractivity (Wildman–Crippen MR) is 106 cm³/mol. The van der Waals surface area contributed by atoms with Crippen LogP contribution in [0.25, 0.3) is 11.4 Å². The molecule has 0 aliphatic carbocycles. The van der Waals surface area contributed by atoms with Gasteiger partial charge in [0.1, 0.15) is 5.75 Å². The largest absolute Gasteiger partial charge is 0.508 e. The van der Waals surface area contributed by atoms with Gasteiger partial charge in [-0.15, -0.1) is 0 Å². The fourth-order valence-corrected chi connectivity index (χ4v) is 3.63. The first-order valence-corrected chi connectivity index (χ1v) is 9.41. The van der Waals surface area contributed by atoms with Crippen molar-refractivity contribution in [2.75, 3.05) is 13.1 Å². The lowest BCUT2D eigenvalue weighted by Gasteiger charge is -2.18. The highest BCUT2D eigenvalue weighted by molar-refractivity contribution is 5.95. The van der Waals surface area contributed by atoms with E-state index < -0.39 is 0 Å². The highest BCUT2D eigenvalue weighted by atomic mass is 16.3. The standard InChI is InChI=1S/C22H22N4O2/c1-15-20(13-24-21(25-15)18-3-2-9-23-12-18)22(28)26-10-8-17(14-26)11-16-4-6-19(27)7-5-16/h2-7,9,12-13,17,27H,8,10-11,14H2,1H3. The minimum atomic E-state index is -0.0107. The first kappa shape index (κ1) is 18.1. The van der Waals surface area contributed by atoms with Gasteiger partial charge in [0.2, 0.25) is 0 Å². The Labute approximate surface area is 163 Å². The number of aryl methyl sites for hydroxylation is 1. The Bertz CT molecular complexity index is 974. The van der Waals surface area contributed by atoms with Gasteiger partial charge < -0.3 is 10.0 Å². The van der Waals surface area contributed by atoms with E-state index in [-0.39, 0.29) is 11.7 Å². The number of phenolic OH excluding ortho intramolecular Hbond substituents is 1. The second-order valence-corrected chi connectivity index (χ2v) is 7.21. The lowest BCUT2D eigenvalue weighted by atomic mass is 9.99. The summed E-state index contributed by atoms with van der Waals surface area (Å²) in [5.74, 6) is 1.26. The zero-order chi connectivity index (χ0) is 19.5. The molecule has 3 heterocycles. The molecule has 2 aromatic heterocycles. The van der Waals surface area contributed by atoms with E-state index in [1.54, 1.807) is 30.7 Å². The zero-order valence-electron chi connectivity index (χ0n) is 15.7. The van der Waals surface area contributed by atoms with E-state index in [1.165, 1.54) is 5.56 Å². The van der Waals surface area contributed by atoms with Crippen LogP contribution >= 0.6 is 0 Å². The second kappa shape index (κ2) is 7.76. The molecule has 0 radical (unpaired) electrons. The van der Waals surface area contributed by atoms with Crippen LogP contribution in [-0.4, -0.2) is 44.0 Å². The molecule has 6 heteroatoms. The van der Waals surface area contributed by atoms with Gasteiger partial charge in [-0.3, -0.25) is 9.78 Å². The number of pyridine rings is 1. The van der Waals surface area contributed by atoms with Crippen molar-refractivity contribution in [3.8, 4) is 17.1 Å². The second-order valence-electron chi connectivity index (χ2n) is 7.21. The fraction of sp³-hybridized carbons (Fsp3) is 0.273. The van der Waals surface area contributed by atoms with E-state index in [4.69, 9.17) is 0 Å². The van der Waals surface area contributed by atoms with Crippen LogP contribution in [0, 0.1) is 12.8 Å². The molecule has 142 valence electrons. The SMILES string of the molecule is Cc1nc(-c2cccnc2)ncc1C(=O)N1CCC(Cc2ccc(O)cc2)C1. The highest BCUT2D eigenvalue weighted by Gasteiger charge is 2.28. The number of nitrogens with zero attached hydrogens (tertiary/aromatic N) is 4. The van der Waals surface area contributed by atoms with Crippen molar-refractivity contribution in [2.24, 2.45) is 5.92 Å². The summed E-state index contributed by atoms with van der Waals surface area (Å²) in [6, 6.07) is 11.0. The Morgan fingerprint density at radius 1 is 1.21 bits per heavy atom. The quantitative estimate of drug-likeness (QED) is 0.758. The number of hydrogen-bond donors (Lipinski definition) is 1. The van der Waals surface area contributed by atoms with Crippen LogP contribution in [0.15, 0.2) is 55.0 Å². The van der Waals surface area contributed by atoms with E-state index >= 15 is 0 Å². The van der Waals surface area contributed by atoms with Crippen molar-refractivity contribution in [3.05, 3.63) is 71.8 Å². The van der Waals surface area contributed by atoms with Crippen molar-refractivity contribution in [1.82, 2.24) is 19.9 Å². The van der Waals surface area contributed by atoms with Gasteiger partial charge in [0, 0.05) is 37.2 Å². The van der Waals surface area contributed by atoms with Crippen molar-refractivity contribution >= 4 is 5.91 Å². The lowest BCUT2D eigenvalue weighted by Crippen LogP contribution is -2.30. The Kier molecular flexibility index (Phi) is 5.02. The summed E-state index contributed by atoms with van der Waals surface area (Å²) in [7, 11) is 0. The Hall–Kier alpha value is -3.28. The molecule has 1 fully saturated rings. The summed E-state index contributed by atoms with van der Waals surface area (Å²) < 4.78 is 0. The lowest BCUT2D eigenvalue weighted by molar-refractivity contribution is 0.0785. The molecule has 1 aromatic carbocycles. The first-order valence-electron chi connectivity index (χ1n) is 9.41. The Morgan fingerprint density at radius 3 is 2.75 bits per heavy atom. The molecule has 0 spiro atoms. The van der Waals surface area contributed by atoms with E-state index in [1.807, 2.05) is 36.1 Å². The number of phenols is 1. The zero-order valence-corrected chi connectivity index (χ0v) is 15.7. The molecule has 1 saturated heterocycles. The predicted octanol–water partition coefficient (Wildman–Crippen LogP) is 3.26. The molecule has 1 atom stereocenters. The number of likely N-dealkylation sites (tertiary alicyclic amines) is 1. The monoisotopic (exact) mass is 374 g/mol. The number of amides is 1. The molecule has 1 amide bonds. The third-order valence-corrected chi connectivity index (χ3v) is 5.16. The summed E-state index contributed by atoms with van der Waals surface area (Å²) in [4.78, 5) is 27.8. The molecular weight excluding hydrogens is 352 g/mol. The highest BCUT2D eigenvalue weighted by Crippen LogP contribution is 2.24. The maximum Gasteiger partial charge on any atom is 0.257 e. The van der Waals surface area contributed by atoms with E-state index in [0.29, 0.717) is 23.0 Å². The van der Waals surface area contributed by atoms with E-state index in [9.17, 15) is 9.90 Å². The van der Waals surface area contributed by atoms with Gasteiger partial charge in [0.05, 0.1) is 11.3 Å². The first-order chi connectivity index (χ1) is 13.6. The molecule has 28 heavy (non-hydrogen) atoms. The topological polar surface area (TPSA) is 79.2 Å². The molecule has 1 unspecified atom stereocenters. The molecule has 1 N–H and O–H groups in total. The average molecular weight is 374 g/mol. The molecular formula is C22H22N4O2. The molecule has 3 aromatic rings. The summed E-state index contributed by atoms with van der Waals surface area (Å²) in [5.41, 5.74) is 3.25. The van der Waals surface area contributed by atoms with Crippen LogP contribution in [0.2, 0.25) is 0 Å². The van der Waals surface area contributed by atoms with Gasteiger partial charge in [-0.1, -0.05) is 12.1 Å². The number of aromatic nitrogens is 3. The van der Waals surface area contributed by atoms with Crippen molar-refractivity contribution in [2.45, 2.75) is 19.8 Å². The van der Waals surface area contributed by atoms with Gasteiger partial charge in [-0.2, -0.15) is 0 Å². The van der Waals surface area contributed by atoms with Gasteiger partial charge in [0.15, 0.2) is 5.82 Å². The Balaban J connectivity index is 1.44. The van der Waals surface area contributed by atoms with Crippen LogP contribution in [0.5, 0.6) is 5.75 Å². The van der Waals surface area contributed by atoms with E-state index in [2.05, 4.69) is 15.0 Å². The summed E-state index contributed by atoms with van der Waals surface area (Å²) in [6.07, 6.45) is 6.92. The van der Waals surface area contributed by atoms with Gasteiger partial charge in [-0.25, -0.2) is 9.97 Å². The van der Waals surface area contributed by atoms with E-state index in [0.717, 1.165) is 31.5 Å². The van der Waals surface area contributed by atoms with Crippen LogP contribution < -0.4 is 0 Å². The average Bonchev–Trinajstić information content (AvgIpc) is 3.18. The number of rotatable bonds is 4. The van der Waals surface area contributed by atoms with Crippen LogP contribution in [-0.2, 0) is 6.42 Å². The fourth-order valence-electron chi connectivity index (χ4n) is 3.63. The molecule has 4 rings (SSSR count). The van der Waals surface area contributed by atoms with Gasteiger partial charge >= 0.3 is 0 Å². The summed E-state index contributed by atoms with van der Waals surface area (Å²) >= 11 is 0. The maximum atomic E-state index is 13.0. The van der Waals surface area contributed by atoms with Crippen molar-refractivity contribution in [1.29, 1.82) is 0 Å². The van der Waals surface area contributed by atoms with Crippen LogP contribution in [0.3, 0.4) is 0 Å². The minimum absolute atomic E-state index is 0.0107. The summed E-state index contributed by atoms with van der Waals surface area (Å²) in [6.45, 7) is 3.31. The minimum Gasteiger partial charge on any atom is -0.508 e. The molecule has 0 bridgehead atoms. The number of carbonyl (C=O) groups excluding carboxylic acids is 1. The van der Waals surface area contributed by atoms with Gasteiger partial charge in [-0.05, 0) is 55.5 Å². The third-order valence-electron chi connectivity index (χ3n) is 5.16. The maximum absolute atomic E-state index is 13.0. The smallest absolute Gasteiger partial charge is 0.257 e. The molecule has 1 aliphatic rings. The van der Waals surface area contributed by atoms with Gasteiger partial charge in [0.25, 0.3) is 5.91 Å². The van der Waals surface area contributed by atoms with Crippen molar-refractivity contribution in [3.63, 3.8) is 0 Å². The summed E-state index contributed by atoms with van der Waals surface area (Å²) in [5, 5.41) is 9.41. The normalized spacial score (nSPS) is 16.3. The number of hydrogen-bond acceptors (Lipinski definition) is 5. The molecule has 1 aliphatic heterocycles. The number of aromatic hydroxyl groups is 1. The van der Waals surface area contributed by atoms with Crippen LogP contribution in [0.1, 0.15) is 28.0 Å². The third kappa shape index (κ3) is 3.86. The molecule has 0 saturated carbocycles.